The molecule has 0 aromatic heterocycles. The van der Waals surface area contributed by atoms with Crippen LogP contribution in [0, 0.1) is 33.8 Å². The maximum absolute atomic E-state index is 12.5. The van der Waals surface area contributed by atoms with Crippen LogP contribution in [0.15, 0.2) is 82.3 Å². The second-order valence-electron chi connectivity index (χ2n) is 17.5. The van der Waals surface area contributed by atoms with Gasteiger partial charge < -0.3 is 31.9 Å². The fourth-order valence-corrected chi connectivity index (χ4v) is 9.09. The monoisotopic (exact) mass is 992 g/mol. The van der Waals surface area contributed by atoms with Crippen LogP contribution >= 0.6 is 0 Å². The number of hydrogen-bond acceptors (Lipinski definition) is 10. The minimum Gasteiger partial charge on any atom is -0.507 e. The van der Waals surface area contributed by atoms with Gasteiger partial charge in [-0.2, -0.15) is 8.42 Å². The van der Waals surface area contributed by atoms with E-state index in [9.17, 15) is 40.6 Å². The van der Waals surface area contributed by atoms with Crippen molar-refractivity contribution in [1.82, 2.24) is 5.32 Å². The van der Waals surface area contributed by atoms with Gasteiger partial charge in [0.05, 0.1) is 6.61 Å². The summed E-state index contributed by atoms with van der Waals surface area (Å²) >= 11 is 5.24. The molecule has 0 saturated carbocycles. The summed E-state index contributed by atoms with van der Waals surface area (Å²) in [5.74, 6) is 0.0788. The Morgan fingerprint density at radius 3 is 2.27 bits per heavy atom. The average molecular weight is 994 g/mol. The van der Waals surface area contributed by atoms with Gasteiger partial charge in [-0.1, -0.05) is 6.61 Å². The molecule has 14 nitrogen and oxygen atoms in total. The van der Waals surface area contributed by atoms with E-state index >= 15 is 0 Å². The number of fused-ring (bicyclic) bond motifs is 2. The predicted octanol–water partition coefficient (Wildman–Crippen LogP) is 7.78. The third-order valence-electron chi connectivity index (χ3n) is 12.1. The smallest absolute Gasteiger partial charge is 0.263 e. The van der Waals surface area contributed by atoms with Gasteiger partial charge in [-0.25, -0.2) is 0 Å². The van der Waals surface area contributed by atoms with Gasteiger partial charge >= 0.3 is 233 Å². The number of carboxylic acid groups (broad SMARTS) is 1. The largest absolute Gasteiger partial charge is 0.507 e. The number of amides is 1. The van der Waals surface area contributed by atoms with Gasteiger partial charge in [0.2, 0.25) is 0 Å². The van der Waals surface area contributed by atoms with Crippen LogP contribution in [0.3, 0.4) is 0 Å². The number of phenolic OH excluding ortho intramolecular Hbond substituents is 1. The Morgan fingerprint density at radius 1 is 0.970 bits per heavy atom. The number of rotatable bonds is 18. The molecule has 66 heavy (non-hydrogen) atoms. The van der Waals surface area contributed by atoms with E-state index in [1.54, 1.807) is 24.3 Å². The van der Waals surface area contributed by atoms with E-state index in [0.717, 1.165) is 51.4 Å². The number of aromatic hydroxyl groups is 1. The number of nitrogens with zero attached hydrogens (tertiary/aromatic N) is 1. The number of carboxylic acids is 1. The third kappa shape index (κ3) is 12.9. The molecule has 5 N–H and O–H groups in total. The number of unbranched alkanes of at least 4 members (excludes halogenated alkanes) is 2. The number of allylic oxidation sites excluding steroid dienone is 6. The molecule has 364 valence electrons. The number of ether oxygens (including phenoxy) is 2. The molecule has 2 heterocycles. The molecule has 1 amide bonds. The van der Waals surface area contributed by atoms with Gasteiger partial charge in [0.1, 0.15) is 11.5 Å². The fraction of sp³-hybridized carbons (Fsp3) is 0.429. The standard InChI is InChI=1S/C31H36NO8S2.C18H26NO4.Ni/c1-30(2,23-13-12-14-24(21-23)41(35,36)37)19-10-6-5-8-15-28-31(3,4)26-22-25(42(38,39)40)17-18-27(26)32(28)20-11-7-9-16-29(33)34;1-6-22-10-9-19-17(21)18(5)8-7-14-13(4)15(20)11(2)12(3)16(14)23-18;/h5-6,8,10,12,14-15,17-18,21-22H,7,9,11,16,20H2,1-4H3,(H,33,34)(H,35,36,37)(H,38,39,40);20H,1,6-10H2,2-5H3,(H,19,21);/q2*-1;/b8-5+,10-6+,28-15+;;. The summed E-state index contributed by atoms with van der Waals surface area (Å²) in [4.78, 5) is 25.0. The molecule has 2 aliphatic heterocycles. The van der Waals surface area contributed by atoms with Crippen LogP contribution in [0.1, 0.15) is 100 Å². The first-order valence-corrected chi connectivity index (χ1v) is 24.9. The van der Waals surface area contributed by atoms with Crippen molar-refractivity contribution in [1.29, 1.82) is 0 Å². The summed E-state index contributed by atoms with van der Waals surface area (Å²) < 4.78 is 77.6. The molecule has 1 atom stereocenters. The van der Waals surface area contributed by atoms with Crippen molar-refractivity contribution < 1.29 is 70.2 Å². The number of aliphatic carboxylic acids is 1. The van der Waals surface area contributed by atoms with Crippen LogP contribution in [-0.2, 0) is 66.8 Å². The molecule has 0 aliphatic carbocycles. The Balaban J connectivity index is 0.000000347. The van der Waals surface area contributed by atoms with Crippen molar-refractivity contribution in [2.24, 2.45) is 0 Å². The van der Waals surface area contributed by atoms with Crippen molar-refractivity contribution in [3.05, 3.63) is 119 Å². The molecule has 0 saturated heterocycles. The van der Waals surface area contributed by atoms with E-state index in [1.165, 1.54) is 30.3 Å². The van der Waals surface area contributed by atoms with Crippen LogP contribution in [0.2, 0.25) is 0 Å². The first-order chi connectivity index (χ1) is 30.7. The van der Waals surface area contributed by atoms with Gasteiger partial charge in [-0.3, -0.25) is 14.1 Å². The molecular formula is C49H62N2NiO12S2-2. The normalized spacial score (nSPS) is 17.6. The van der Waals surface area contributed by atoms with Crippen molar-refractivity contribution in [3.8, 4) is 11.5 Å². The molecule has 17 heteroatoms. The maximum Gasteiger partial charge on any atom is 0.263 e. The number of nitrogens with one attached hydrogen (secondary N) is 1. The first kappa shape index (κ1) is 54.0. The zero-order chi connectivity index (χ0) is 49.4. The van der Waals surface area contributed by atoms with Gasteiger partial charge in [0, 0.05) is 24.9 Å². The van der Waals surface area contributed by atoms with Crippen molar-refractivity contribution in [3.63, 3.8) is 0 Å². The van der Waals surface area contributed by atoms with E-state index < -0.39 is 42.6 Å². The van der Waals surface area contributed by atoms with Crippen molar-refractivity contribution >= 4 is 42.3 Å². The van der Waals surface area contributed by atoms with Crippen molar-refractivity contribution in [2.45, 2.75) is 120 Å². The molecule has 2 aliphatic rings. The molecule has 3 aromatic carbocycles. The second-order valence-corrected chi connectivity index (χ2v) is 20.9. The SMILES string of the molecule is CC(C)([C](=[Ni])/C=C/C=C/C=C1/N(CCCCCC(=O)O)c2ccc(S(=O)(=O)O)cc2C1(C)C)c1[c-]ccc(S(=O)(=O)O)c1.[CH2-]COCCNC(=O)C1(C)CCc2c(C)c(O)c(C)c(C)c2O1. The topological polar surface area (TPSA) is 217 Å². The van der Waals surface area contributed by atoms with Gasteiger partial charge in [0.25, 0.3) is 5.91 Å². The molecule has 5 rings (SSSR count). The molecule has 0 spiro atoms. The number of hydrogen-bond donors (Lipinski definition) is 5. The quantitative estimate of drug-likeness (QED) is 0.0271. The second kappa shape index (κ2) is 22.0. The maximum atomic E-state index is 12.5. The van der Waals surface area contributed by atoms with Crippen molar-refractivity contribution in [2.75, 3.05) is 31.2 Å². The molecule has 0 bridgehead atoms. The average Bonchev–Trinajstić information content (AvgIpc) is 3.46. The molecule has 0 fully saturated rings. The summed E-state index contributed by atoms with van der Waals surface area (Å²) in [6, 6.07) is 11.6. The number of carbonyl (C=O) groups excluding carboxylic acids is 1. The zero-order valence-electron chi connectivity index (χ0n) is 38.8. The van der Waals surface area contributed by atoms with E-state index in [-0.39, 0.29) is 22.1 Å². The number of phenols is 1. The number of anilines is 1. The van der Waals surface area contributed by atoms with E-state index in [1.807, 2.05) is 67.5 Å². The molecular weight excluding hydrogens is 931 g/mol. The third-order valence-corrected chi connectivity index (χ3v) is 14.6. The van der Waals surface area contributed by atoms with Crippen LogP contribution in [0.25, 0.3) is 0 Å². The first-order valence-electron chi connectivity index (χ1n) is 21.5. The minimum absolute atomic E-state index is 0.0983. The summed E-state index contributed by atoms with van der Waals surface area (Å²) in [5.41, 5.74) is 4.28. The van der Waals surface area contributed by atoms with Crippen LogP contribution < -0.4 is 15.0 Å². The molecule has 3 aromatic rings. The Kier molecular flexibility index (Phi) is 18.0. The molecule has 0 radical (unpaired) electrons. The van der Waals surface area contributed by atoms with Gasteiger partial charge in [-0.15, -0.1) is 0 Å². The zero-order valence-corrected chi connectivity index (χ0v) is 41.4. The Hall–Kier alpha value is -4.64. The summed E-state index contributed by atoms with van der Waals surface area (Å²) in [6.45, 7) is 20.5. The van der Waals surface area contributed by atoms with Crippen LogP contribution in [0.4, 0.5) is 5.69 Å². The van der Waals surface area contributed by atoms with Gasteiger partial charge in [-0.05, 0) is 50.8 Å². The molecule has 1 unspecified atom stereocenters. The van der Waals surface area contributed by atoms with Crippen LogP contribution in [-0.4, -0.2) is 84.4 Å². The van der Waals surface area contributed by atoms with Crippen LogP contribution in [0.5, 0.6) is 11.5 Å². The van der Waals surface area contributed by atoms with Gasteiger partial charge in [0.15, 0.2) is 5.60 Å². The Morgan fingerprint density at radius 2 is 1.64 bits per heavy atom. The Labute approximate surface area is 397 Å². The van der Waals surface area contributed by atoms with E-state index in [0.29, 0.717) is 67.8 Å². The summed E-state index contributed by atoms with van der Waals surface area (Å²) in [7, 11) is -8.75. The fourth-order valence-electron chi connectivity index (χ4n) is 7.85. The number of carbonyl (C=O) groups is 2. The number of benzene rings is 3. The predicted molar refractivity (Wildman–Crippen MR) is 251 cm³/mol. The summed E-state index contributed by atoms with van der Waals surface area (Å²) in [6.07, 6.45) is 12.5. The van der Waals surface area contributed by atoms with E-state index in [2.05, 4.69) is 23.2 Å². The minimum atomic E-state index is -4.39. The van der Waals surface area contributed by atoms with E-state index in [4.69, 9.17) is 29.6 Å². The summed E-state index contributed by atoms with van der Waals surface area (Å²) in [5, 5.41) is 22.0. The Bertz CT molecular complexity index is 2640.